The molecule has 2 rings (SSSR count). The summed E-state index contributed by atoms with van der Waals surface area (Å²) in [4.78, 5) is 5.96. The number of nitrogens with zero attached hydrogens (tertiary/aromatic N) is 3. The second kappa shape index (κ2) is 7.48. The fraction of sp³-hybridized carbons (Fsp3) is 0.250. The van der Waals surface area contributed by atoms with Crippen LogP contribution in [0.25, 0.3) is 0 Å². The third kappa shape index (κ3) is 4.35. The first-order chi connectivity index (χ1) is 10.2. The molecule has 108 valence electrons. The molecule has 21 heavy (non-hydrogen) atoms. The van der Waals surface area contributed by atoms with Gasteiger partial charge in [-0.1, -0.05) is 6.07 Å². The summed E-state index contributed by atoms with van der Waals surface area (Å²) in [6, 6.07) is 10.1. The Morgan fingerprint density at radius 2 is 2.14 bits per heavy atom. The molecule has 0 bridgehead atoms. The topological polar surface area (TPSA) is 60.2 Å². The van der Waals surface area contributed by atoms with Gasteiger partial charge in [0.15, 0.2) is 0 Å². The van der Waals surface area contributed by atoms with Gasteiger partial charge in [0.2, 0.25) is 0 Å². The van der Waals surface area contributed by atoms with Crippen molar-refractivity contribution < 1.29 is 9.50 Å². The molecule has 2 aromatic rings. The van der Waals surface area contributed by atoms with Crippen molar-refractivity contribution in [2.45, 2.75) is 13.1 Å². The summed E-state index contributed by atoms with van der Waals surface area (Å²) in [5.74, 6) is -0.344. The summed E-state index contributed by atoms with van der Waals surface area (Å²) in [5, 5.41) is 18.1. The van der Waals surface area contributed by atoms with E-state index in [-0.39, 0.29) is 12.4 Å². The van der Waals surface area contributed by atoms with Gasteiger partial charge in [0.25, 0.3) is 0 Å². The first kappa shape index (κ1) is 15.1. The lowest BCUT2D eigenvalue weighted by Crippen LogP contribution is -2.26. The van der Waals surface area contributed by atoms with E-state index in [1.807, 2.05) is 23.1 Å². The van der Waals surface area contributed by atoms with Crippen molar-refractivity contribution in [3.63, 3.8) is 0 Å². The maximum absolute atomic E-state index is 13.8. The van der Waals surface area contributed by atoms with Crippen LogP contribution in [-0.4, -0.2) is 28.1 Å². The lowest BCUT2D eigenvalue weighted by molar-refractivity contribution is 0.182. The number of rotatable bonds is 6. The van der Waals surface area contributed by atoms with E-state index < -0.39 is 0 Å². The third-order valence-electron chi connectivity index (χ3n) is 3.11. The number of aromatic nitrogens is 1. The zero-order valence-corrected chi connectivity index (χ0v) is 11.5. The van der Waals surface area contributed by atoms with Gasteiger partial charge in [-0.2, -0.15) is 5.26 Å². The second-order valence-corrected chi connectivity index (χ2v) is 4.71. The number of aliphatic hydroxyl groups is 1. The number of aliphatic hydroxyl groups excluding tert-OH is 1. The molecule has 0 saturated heterocycles. The molecule has 0 spiro atoms. The number of halogens is 1. The first-order valence-corrected chi connectivity index (χ1v) is 6.63. The minimum Gasteiger partial charge on any atom is -0.395 e. The molecule has 1 aromatic heterocycles. The van der Waals surface area contributed by atoms with Gasteiger partial charge in [0, 0.05) is 37.6 Å². The van der Waals surface area contributed by atoms with Crippen LogP contribution in [0.4, 0.5) is 4.39 Å². The third-order valence-corrected chi connectivity index (χ3v) is 3.11. The normalized spacial score (nSPS) is 10.6. The smallest absolute Gasteiger partial charge is 0.127 e. The maximum Gasteiger partial charge on any atom is 0.127 e. The highest BCUT2D eigenvalue weighted by Crippen LogP contribution is 2.14. The summed E-state index contributed by atoms with van der Waals surface area (Å²) >= 11 is 0. The summed E-state index contributed by atoms with van der Waals surface area (Å²) < 4.78 is 13.8. The molecule has 5 heteroatoms. The van der Waals surface area contributed by atoms with E-state index in [0.717, 1.165) is 5.56 Å². The zero-order chi connectivity index (χ0) is 15.1. The molecule has 0 fully saturated rings. The molecule has 0 amide bonds. The van der Waals surface area contributed by atoms with E-state index in [9.17, 15) is 4.39 Å². The highest BCUT2D eigenvalue weighted by molar-refractivity contribution is 5.33. The van der Waals surface area contributed by atoms with E-state index >= 15 is 0 Å². The molecular formula is C16H16FN3O. The monoisotopic (exact) mass is 285 g/mol. The van der Waals surface area contributed by atoms with E-state index in [1.165, 1.54) is 12.1 Å². The van der Waals surface area contributed by atoms with Gasteiger partial charge in [-0.3, -0.25) is 9.88 Å². The van der Waals surface area contributed by atoms with Crippen LogP contribution in [0, 0.1) is 17.1 Å². The molecule has 0 aliphatic heterocycles. The Bertz CT molecular complexity index is 625. The lowest BCUT2D eigenvalue weighted by Gasteiger charge is -2.21. The van der Waals surface area contributed by atoms with Crippen molar-refractivity contribution in [2.24, 2.45) is 0 Å². The van der Waals surface area contributed by atoms with Crippen molar-refractivity contribution in [3.05, 3.63) is 65.2 Å². The van der Waals surface area contributed by atoms with E-state index in [0.29, 0.717) is 30.8 Å². The number of hydrogen-bond acceptors (Lipinski definition) is 4. The molecule has 1 N–H and O–H groups in total. The van der Waals surface area contributed by atoms with Crippen LogP contribution in [0.3, 0.4) is 0 Å². The Balaban J connectivity index is 2.14. The SMILES string of the molecule is N#Cc1ccc(F)c(CN(CCO)Cc2cccnc2)c1. The Labute approximate surface area is 123 Å². The molecule has 0 unspecified atom stereocenters. The van der Waals surface area contributed by atoms with Gasteiger partial charge in [-0.25, -0.2) is 4.39 Å². The minimum atomic E-state index is -0.344. The van der Waals surface area contributed by atoms with Crippen molar-refractivity contribution >= 4 is 0 Å². The van der Waals surface area contributed by atoms with Crippen LogP contribution in [0.2, 0.25) is 0 Å². The van der Waals surface area contributed by atoms with Crippen LogP contribution in [0.5, 0.6) is 0 Å². The van der Waals surface area contributed by atoms with Gasteiger partial charge in [-0.05, 0) is 29.8 Å². The highest BCUT2D eigenvalue weighted by Gasteiger charge is 2.11. The molecular weight excluding hydrogens is 269 g/mol. The quantitative estimate of drug-likeness (QED) is 0.883. The molecule has 4 nitrogen and oxygen atoms in total. The number of pyridine rings is 1. The standard InChI is InChI=1S/C16H16FN3O/c17-16-4-3-13(9-18)8-15(16)12-20(6-7-21)11-14-2-1-5-19-10-14/h1-5,8,10,21H,6-7,11-12H2. The summed E-state index contributed by atoms with van der Waals surface area (Å²) in [7, 11) is 0. The fourth-order valence-electron chi connectivity index (χ4n) is 2.11. The maximum atomic E-state index is 13.8. The zero-order valence-electron chi connectivity index (χ0n) is 11.5. The van der Waals surface area contributed by atoms with Crippen molar-refractivity contribution in [2.75, 3.05) is 13.2 Å². The van der Waals surface area contributed by atoms with E-state index in [1.54, 1.807) is 18.5 Å². The Hall–Kier alpha value is -2.29. The molecule has 0 aliphatic carbocycles. The van der Waals surface area contributed by atoms with Crippen LogP contribution in [-0.2, 0) is 13.1 Å². The Kier molecular flexibility index (Phi) is 5.38. The van der Waals surface area contributed by atoms with Gasteiger partial charge >= 0.3 is 0 Å². The van der Waals surface area contributed by atoms with Crippen molar-refractivity contribution in [1.82, 2.24) is 9.88 Å². The van der Waals surface area contributed by atoms with Gasteiger partial charge in [-0.15, -0.1) is 0 Å². The summed E-state index contributed by atoms with van der Waals surface area (Å²) in [6.45, 7) is 1.30. The minimum absolute atomic E-state index is 0.0141. The molecule has 1 heterocycles. The molecule has 0 saturated carbocycles. The van der Waals surface area contributed by atoms with E-state index in [2.05, 4.69) is 4.98 Å². The average Bonchev–Trinajstić information content (AvgIpc) is 2.51. The molecule has 0 aliphatic rings. The van der Waals surface area contributed by atoms with Gasteiger partial charge in [0.05, 0.1) is 18.2 Å². The average molecular weight is 285 g/mol. The first-order valence-electron chi connectivity index (χ1n) is 6.63. The second-order valence-electron chi connectivity index (χ2n) is 4.71. The molecule has 1 aromatic carbocycles. The van der Waals surface area contributed by atoms with E-state index in [4.69, 9.17) is 10.4 Å². The molecule has 0 radical (unpaired) electrons. The molecule has 0 atom stereocenters. The summed E-state index contributed by atoms with van der Waals surface area (Å²) in [5.41, 5.74) is 1.87. The van der Waals surface area contributed by atoms with Crippen LogP contribution < -0.4 is 0 Å². The van der Waals surface area contributed by atoms with Gasteiger partial charge in [0.1, 0.15) is 5.82 Å². The largest absolute Gasteiger partial charge is 0.395 e. The predicted octanol–water partition coefficient (Wildman–Crippen LogP) is 2.09. The van der Waals surface area contributed by atoms with Crippen LogP contribution in [0.15, 0.2) is 42.7 Å². The number of benzene rings is 1. The van der Waals surface area contributed by atoms with Gasteiger partial charge < -0.3 is 5.11 Å². The fourth-order valence-corrected chi connectivity index (χ4v) is 2.11. The predicted molar refractivity (Wildman–Crippen MR) is 76.6 cm³/mol. The lowest BCUT2D eigenvalue weighted by atomic mass is 10.1. The van der Waals surface area contributed by atoms with Crippen molar-refractivity contribution in [1.29, 1.82) is 5.26 Å². The van der Waals surface area contributed by atoms with Crippen LogP contribution >= 0.6 is 0 Å². The number of nitriles is 1. The highest BCUT2D eigenvalue weighted by atomic mass is 19.1. The van der Waals surface area contributed by atoms with Crippen molar-refractivity contribution in [3.8, 4) is 6.07 Å². The Morgan fingerprint density at radius 3 is 2.81 bits per heavy atom. The Morgan fingerprint density at radius 1 is 1.29 bits per heavy atom. The number of hydrogen-bond donors (Lipinski definition) is 1. The summed E-state index contributed by atoms with van der Waals surface area (Å²) in [6.07, 6.45) is 3.43. The van der Waals surface area contributed by atoms with Crippen LogP contribution in [0.1, 0.15) is 16.7 Å².